The van der Waals surface area contributed by atoms with Gasteiger partial charge >= 0.3 is 0 Å². The highest BCUT2D eigenvalue weighted by Gasteiger charge is 2.17. The van der Waals surface area contributed by atoms with Crippen molar-refractivity contribution in [3.8, 4) is 32.1 Å². The first-order valence-electron chi connectivity index (χ1n) is 13.8. The lowest BCUT2D eigenvalue weighted by Gasteiger charge is -2.20. The van der Waals surface area contributed by atoms with Crippen LogP contribution in [0.2, 0.25) is 0 Å². The molecular weight excluding hydrogens is 490 g/mol. The maximum Gasteiger partial charge on any atom is 0.124 e. The summed E-state index contributed by atoms with van der Waals surface area (Å²) in [5.74, 6) is 0. The SMILES string of the molecule is CC.CC(C)(C)c1ccc(-c2ccc3ccc4c(-c5ncc(-c6ccccc6)s5)ccc5ccc2c3c54)cc1. The molecule has 0 fully saturated rings. The Hall–Kier alpha value is -4.01. The minimum Gasteiger partial charge on any atom is -0.244 e. The number of benzene rings is 6. The molecule has 0 saturated carbocycles. The number of thiazole rings is 1. The summed E-state index contributed by atoms with van der Waals surface area (Å²) in [5.41, 5.74) is 6.47. The zero-order valence-electron chi connectivity index (χ0n) is 23.2. The molecule has 0 aliphatic heterocycles. The van der Waals surface area contributed by atoms with E-state index < -0.39 is 0 Å². The monoisotopic (exact) mass is 523 g/mol. The van der Waals surface area contributed by atoms with Crippen molar-refractivity contribution in [1.29, 1.82) is 0 Å². The average molecular weight is 524 g/mol. The van der Waals surface area contributed by atoms with Crippen molar-refractivity contribution >= 4 is 43.7 Å². The van der Waals surface area contributed by atoms with Crippen molar-refractivity contribution in [3.05, 3.63) is 115 Å². The molecule has 0 bridgehead atoms. The molecule has 1 heterocycles. The number of aromatic nitrogens is 1. The fourth-order valence-corrected chi connectivity index (χ4v) is 6.48. The second kappa shape index (κ2) is 9.94. The minimum atomic E-state index is 0.147. The van der Waals surface area contributed by atoms with Gasteiger partial charge in [-0.2, -0.15) is 0 Å². The predicted molar refractivity (Wildman–Crippen MR) is 172 cm³/mol. The molecule has 0 aliphatic carbocycles. The molecule has 6 aromatic carbocycles. The first kappa shape index (κ1) is 25.3. The Morgan fingerprint density at radius 1 is 0.564 bits per heavy atom. The van der Waals surface area contributed by atoms with Crippen molar-refractivity contribution in [2.45, 2.75) is 40.0 Å². The maximum absolute atomic E-state index is 4.86. The van der Waals surface area contributed by atoms with Crippen molar-refractivity contribution in [2.24, 2.45) is 0 Å². The van der Waals surface area contributed by atoms with E-state index in [0.29, 0.717) is 0 Å². The third kappa shape index (κ3) is 4.39. The van der Waals surface area contributed by atoms with Crippen molar-refractivity contribution in [2.75, 3.05) is 0 Å². The predicted octanol–water partition coefficient (Wildman–Crippen LogP) is 11.4. The van der Waals surface area contributed by atoms with E-state index in [1.807, 2.05) is 20.0 Å². The lowest BCUT2D eigenvalue weighted by molar-refractivity contribution is 0.590. The van der Waals surface area contributed by atoms with Gasteiger partial charge in [-0.3, -0.25) is 0 Å². The van der Waals surface area contributed by atoms with Crippen LogP contribution in [0.1, 0.15) is 40.2 Å². The highest BCUT2D eigenvalue weighted by molar-refractivity contribution is 7.18. The van der Waals surface area contributed by atoms with Crippen LogP contribution in [0.15, 0.2) is 109 Å². The third-order valence-electron chi connectivity index (χ3n) is 7.52. The van der Waals surface area contributed by atoms with E-state index in [1.54, 1.807) is 11.3 Å². The van der Waals surface area contributed by atoms with Crippen LogP contribution in [0.5, 0.6) is 0 Å². The zero-order chi connectivity index (χ0) is 27.1. The molecule has 0 unspecified atom stereocenters. The average Bonchev–Trinajstić information content (AvgIpc) is 3.47. The summed E-state index contributed by atoms with van der Waals surface area (Å²) < 4.78 is 0. The molecule has 0 saturated heterocycles. The molecule has 1 nitrogen and oxygen atoms in total. The van der Waals surface area contributed by atoms with Gasteiger partial charge in [0, 0.05) is 11.8 Å². The van der Waals surface area contributed by atoms with E-state index in [4.69, 9.17) is 4.98 Å². The second-order valence-corrected chi connectivity index (χ2v) is 11.9. The Kier molecular flexibility index (Phi) is 6.45. The Morgan fingerprint density at radius 2 is 1.13 bits per heavy atom. The Labute approximate surface area is 235 Å². The molecule has 0 N–H and O–H groups in total. The highest BCUT2D eigenvalue weighted by Crippen LogP contribution is 2.43. The van der Waals surface area contributed by atoms with Gasteiger partial charge in [-0.1, -0.05) is 138 Å². The van der Waals surface area contributed by atoms with Gasteiger partial charge in [-0.15, -0.1) is 11.3 Å². The second-order valence-electron chi connectivity index (χ2n) is 10.9. The third-order valence-corrected chi connectivity index (χ3v) is 8.60. The zero-order valence-corrected chi connectivity index (χ0v) is 24.1. The summed E-state index contributed by atoms with van der Waals surface area (Å²) in [4.78, 5) is 6.05. The van der Waals surface area contributed by atoms with Gasteiger partial charge in [-0.05, 0) is 60.0 Å². The van der Waals surface area contributed by atoms with Crippen LogP contribution in [0.4, 0.5) is 0 Å². The molecule has 192 valence electrons. The Bertz CT molecular complexity index is 1890. The van der Waals surface area contributed by atoms with Gasteiger partial charge in [0.15, 0.2) is 0 Å². The van der Waals surface area contributed by atoms with Crippen LogP contribution in [-0.4, -0.2) is 4.98 Å². The van der Waals surface area contributed by atoms with E-state index in [9.17, 15) is 0 Å². The normalized spacial score (nSPS) is 11.7. The quantitative estimate of drug-likeness (QED) is 0.210. The molecule has 39 heavy (non-hydrogen) atoms. The molecule has 0 aliphatic rings. The van der Waals surface area contributed by atoms with Crippen LogP contribution in [-0.2, 0) is 5.41 Å². The minimum absolute atomic E-state index is 0.147. The molecule has 0 radical (unpaired) electrons. The fourth-order valence-electron chi connectivity index (χ4n) is 5.52. The van der Waals surface area contributed by atoms with E-state index in [-0.39, 0.29) is 5.41 Å². The molecular formula is C37H33NS. The summed E-state index contributed by atoms with van der Waals surface area (Å²) in [5, 5.41) is 8.87. The van der Waals surface area contributed by atoms with E-state index in [0.717, 1.165) is 5.01 Å². The first-order chi connectivity index (χ1) is 19.0. The summed E-state index contributed by atoms with van der Waals surface area (Å²) in [7, 11) is 0. The van der Waals surface area contributed by atoms with Gasteiger partial charge in [0.05, 0.1) is 4.88 Å². The van der Waals surface area contributed by atoms with Crippen LogP contribution in [0.3, 0.4) is 0 Å². The lowest BCUT2D eigenvalue weighted by atomic mass is 9.85. The number of nitrogens with zero attached hydrogens (tertiary/aromatic N) is 1. The highest BCUT2D eigenvalue weighted by atomic mass is 32.1. The van der Waals surface area contributed by atoms with Gasteiger partial charge in [0.2, 0.25) is 0 Å². The number of rotatable bonds is 3. The summed E-state index contributed by atoms with van der Waals surface area (Å²) >= 11 is 1.76. The number of hydrogen-bond donors (Lipinski definition) is 0. The molecule has 7 rings (SSSR count). The van der Waals surface area contributed by atoms with Gasteiger partial charge < -0.3 is 0 Å². The van der Waals surface area contributed by atoms with Crippen LogP contribution in [0.25, 0.3) is 64.5 Å². The van der Waals surface area contributed by atoms with Crippen LogP contribution < -0.4 is 0 Å². The number of hydrogen-bond acceptors (Lipinski definition) is 2. The van der Waals surface area contributed by atoms with Gasteiger partial charge in [-0.25, -0.2) is 4.98 Å². The van der Waals surface area contributed by atoms with Gasteiger partial charge in [0.1, 0.15) is 5.01 Å². The maximum atomic E-state index is 4.86. The van der Waals surface area contributed by atoms with E-state index in [1.165, 1.54) is 65.0 Å². The summed E-state index contributed by atoms with van der Waals surface area (Å²) in [6.07, 6.45) is 2.01. The topological polar surface area (TPSA) is 12.9 Å². The Morgan fingerprint density at radius 3 is 1.74 bits per heavy atom. The molecule has 0 spiro atoms. The molecule has 7 aromatic rings. The van der Waals surface area contributed by atoms with Gasteiger partial charge in [0.25, 0.3) is 0 Å². The van der Waals surface area contributed by atoms with E-state index >= 15 is 0 Å². The van der Waals surface area contributed by atoms with E-state index in [2.05, 4.69) is 124 Å². The smallest absolute Gasteiger partial charge is 0.124 e. The molecule has 0 atom stereocenters. The molecule has 2 heteroatoms. The molecule has 0 amide bonds. The van der Waals surface area contributed by atoms with Crippen LogP contribution >= 0.6 is 11.3 Å². The van der Waals surface area contributed by atoms with Crippen molar-refractivity contribution < 1.29 is 0 Å². The molecule has 1 aromatic heterocycles. The first-order valence-corrected chi connectivity index (χ1v) is 14.6. The van der Waals surface area contributed by atoms with Crippen molar-refractivity contribution in [1.82, 2.24) is 4.98 Å². The summed E-state index contributed by atoms with van der Waals surface area (Å²) in [6.45, 7) is 10.8. The largest absolute Gasteiger partial charge is 0.244 e. The Balaban J connectivity index is 0.00000135. The lowest BCUT2D eigenvalue weighted by Crippen LogP contribution is -2.10. The van der Waals surface area contributed by atoms with Crippen LogP contribution in [0, 0.1) is 0 Å². The standard InChI is InChI=1S/C35H27NS.C2H6/c1-35(2,3)26-15-9-22(10-16-26)27-17-11-24-13-19-29-30(20-14-25-12-18-28(27)32(24)33(25)29)34-36-21-31(37-34)23-7-5-4-6-8-23;1-2/h4-21H,1-3H3;1-2H3. The van der Waals surface area contributed by atoms with Crippen molar-refractivity contribution in [3.63, 3.8) is 0 Å². The fraction of sp³-hybridized carbons (Fsp3) is 0.162. The summed E-state index contributed by atoms with van der Waals surface area (Å²) in [6, 6.07) is 37.8.